The maximum atomic E-state index is 15.6. The lowest BCUT2D eigenvalue weighted by Gasteiger charge is -2.48. The highest BCUT2D eigenvalue weighted by atomic mass is 16.8. The van der Waals surface area contributed by atoms with Crippen molar-refractivity contribution in [3.05, 3.63) is 65.8 Å². The number of carbonyl (C=O) groups excluding carboxylic acids is 9. The average molecular weight is 1610 g/mol. The van der Waals surface area contributed by atoms with E-state index in [1.165, 1.54) is 161 Å². The first-order chi connectivity index (χ1) is 54.9. The third-order valence-electron chi connectivity index (χ3n) is 23.2. The number of hydrogen-bond acceptors (Lipinski definition) is 22. The number of cyclic esters (lactones) is 1. The van der Waals surface area contributed by atoms with Crippen LogP contribution in [0.3, 0.4) is 0 Å². The summed E-state index contributed by atoms with van der Waals surface area (Å²) in [5, 5.41) is 22.7. The quantitative estimate of drug-likeness (QED) is 0.0153. The number of rotatable bonds is 47. The number of esters is 5. The molecule has 1 aromatic rings. The Balaban J connectivity index is 1.26. The summed E-state index contributed by atoms with van der Waals surface area (Å²) in [5.74, 6) is -11.5. The van der Waals surface area contributed by atoms with E-state index < -0.39 is 146 Å². The smallest absolute Gasteiger partial charge is 0.462 e. The van der Waals surface area contributed by atoms with Crippen molar-refractivity contribution < 1.29 is 105 Å². The molecule has 3 aliphatic heterocycles. The number of nitrogens with zero attached hydrogens (tertiary/aromatic N) is 1. The molecule has 114 heavy (non-hydrogen) atoms. The Hall–Kier alpha value is -6.37. The number of piperidine rings is 1. The fourth-order valence-corrected chi connectivity index (χ4v) is 16.4. The normalized spacial score (nSPS) is 26.1. The van der Waals surface area contributed by atoms with Gasteiger partial charge in [-0.2, -0.15) is 0 Å². The second-order valence-electron chi connectivity index (χ2n) is 33.0. The first-order valence-corrected chi connectivity index (χ1v) is 43.7. The molecule has 3 fully saturated rings. The van der Waals surface area contributed by atoms with Gasteiger partial charge in [0.25, 0.3) is 17.5 Å². The van der Waals surface area contributed by atoms with Gasteiger partial charge in [0, 0.05) is 64.9 Å². The van der Waals surface area contributed by atoms with E-state index in [0.717, 1.165) is 49.0 Å². The van der Waals surface area contributed by atoms with Gasteiger partial charge in [0.1, 0.15) is 49.6 Å². The molecule has 0 aromatic heterocycles. The number of carbonyl (C=O) groups is 9. The molecule has 1 aliphatic carbocycles. The van der Waals surface area contributed by atoms with E-state index in [-0.39, 0.29) is 75.2 Å². The van der Waals surface area contributed by atoms with Gasteiger partial charge < -0.3 is 67.2 Å². The van der Waals surface area contributed by atoms with Gasteiger partial charge in [-0.3, -0.25) is 33.6 Å². The summed E-state index contributed by atoms with van der Waals surface area (Å²) in [6, 6.07) is 4.59. The van der Waals surface area contributed by atoms with Crippen LogP contribution in [0.2, 0.25) is 0 Å². The molecule has 5 rings (SSSR count). The summed E-state index contributed by atoms with van der Waals surface area (Å²) in [4.78, 5) is 128. The largest absolute Gasteiger partial charge is 0.511 e. The number of Topliss-reactive ketones (excluding diaryl/α,β-unsaturated/α-hetero) is 2. The standard InChI is InChI=1S/C91H145NO22/c1-12-15-17-19-21-23-25-27-29-31-33-35-37-43-81(96)107-62-73(63-108-82(97)44-38-36-34-32-30-28-26-24-22-20-18-16-13-2)111-84(99)52-51-83(98)110-72-48-45-69(46-49-72)61-109-90(103)114-91-67(7)58-80(106-11)86(113-91)79(105-10)56-65(5)54-64(4)55-71(41-14-3)77(95)60-76(94)68(8)85(66(6)57-70-47-50-75(93)78(59-70)104-9)112-89(102)74-42-39-40-53-92(74)88(101)87(91)100/h14,45-46,48-49,55,57,65,67-68,70-71,73-76,78-80,85-86,93-94H,3,12-13,15-44,47,50-54,56,58-63H2,1-2,4-11H3/b64-55+,66-57+/t65-,67+,68+,70?,71+,74-,75+,76-,78+,79-,80-,85+,86+,91-/m0/s1. The first kappa shape index (κ1) is 98.2. The molecule has 1 amide bonds. The molecule has 2 bridgehead atoms. The van der Waals surface area contributed by atoms with Gasteiger partial charge in [-0.1, -0.05) is 225 Å². The highest BCUT2D eigenvalue weighted by molar-refractivity contribution is 6.39. The number of methoxy groups -OCH3 is 3. The lowest BCUT2D eigenvalue weighted by molar-refractivity contribution is -0.304. The molecule has 3 heterocycles. The molecule has 2 N–H and O–H groups in total. The Labute approximate surface area is 681 Å². The van der Waals surface area contributed by atoms with E-state index >= 15 is 9.59 Å². The zero-order valence-corrected chi connectivity index (χ0v) is 71.2. The van der Waals surface area contributed by atoms with Gasteiger partial charge in [-0.15, -0.1) is 6.58 Å². The highest BCUT2D eigenvalue weighted by Gasteiger charge is 2.61. The summed E-state index contributed by atoms with van der Waals surface area (Å²) >= 11 is 0. The van der Waals surface area contributed by atoms with Crippen molar-refractivity contribution in [1.82, 2.24) is 4.90 Å². The second kappa shape index (κ2) is 55.3. The van der Waals surface area contributed by atoms with E-state index in [9.17, 15) is 43.8 Å². The Morgan fingerprint density at radius 1 is 0.614 bits per heavy atom. The molecule has 1 saturated carbocycles. The van der Waals surface area contributed by atoms with E-state index in [1.54, 1.807) is 26.8 Å². The number of benzene rings is 1. The molecule has 14 atom stereocenters. The summed E-state index contributed by atoms with van der Waals surface area (Å²) in [6.45, 7) is 16.2. The fourth-order valence-electron chi connectivity index (χ4n) is 16.4. The van der Waals surface area contributed by atoms with Crippen molar-refractivity contribution in [3.8, 4) is 5.75 Å². The number of aliphatic hydroxyl groups is 2. The zero-order chi connectivity index (χ0) is 83.2. The van der Waals surface area contributed by atoms with Crippen LogP contribution >= 0.6 is 0 Å². The Morgan fingerprint density at radius 2 is 1.14 bits per heavy atom. The first-order valence-electron chi connectivity index (χ1n) is 43.7. The van der Waals surface area contributed by atoms with Gasteiger partial charge >= 0.3 is 36.0 Å². The van der Waals surface area contributed by atoms with Gasteiger partial charge in [-0.05, 0) is 126 Å². The van der Waals surface area contributed by atoms with E-state index in [2.05, 4.69) is 20.4 Å². The molecule has 23 heteroatoms. The minimum Gasteiger partial charge on any atom is -0.462 e. The van der Waals surface area contributed by atoms with E-state index in [4.69, 9.17) is 52.1 Å². The van der Waals surface area contributed by atoms with Crippen LogP contribution < -0.4 is 4.74 Å². The van der Waals surface area contributed by atoms with Crippen LogP contribution in [0.1, 0.15) is 317 Å². The van der Waals surface area contributed by atoms with E-state index in [1.807, 2.05) is 26.0 Å². The van der Waals surface area contributed by atoms with Crippen LogP contribution in [0.5, 0.6) is 5.75 Å². The van der Waals surface area contributed by atoms with Crippen LogP contribution in [-0.2, 0) is 92.3 Å². The number of amides is 1. The number of hydrogen-bond donors (Lipinski definition) is 2. The second-order valence-corrected chi connectivity index (χ2v) is 33.0. The summed E-state index contributed by atoms with van der Waals surface area (Å²) < 4.78 is 65.2. The van der Waals surface area contributed by atoms with Crippen LogP contribution in [0.15, 0.2) is 60.2 Å². The average Bonchev–Trinajstić information content (AvgIpc) is 0.749. The van der Waals surface area contributed by atoms with Crippen LogP contribution in [0.25, 0.3) is 0 Å². The Kier molecular flexibility index (Phi) is 47.7. The van der Waals surface area contributed by atoms with Gasteiger partial charge in [0.05, 0.1) is 43.4 Å². The molecule has 2 saturated heterocycles. The van der Waals surface area contributed by atoms with Crippen molar-refractivity contribution in [2.45, 2.75) is 379 Å². The lowest BCUT2D eigenvalue weighted by atomic mass is 9.81. The summed E-state index contributed by atoms with van der Waals surface area (Å²) in [6.07, 6.45) is 30.0. The number of ether oxygens (including phenoxy) is 11. The van der Waals surface area contributed by atoms with Crippen LogP contribution in [0.4, 0.5) is 4.79 Å². The number of fused-ring (bicyclic) bond motifs is 3. The van der Waals surface area contributed by atoms with Crippen molar-refractivity contribution in [2.75, 3.05) is 41.1 Å². The van der Waals surface area contributed by atoms with Crippen molar-refractivity contribution in [1.29, 1.82) is 0 Å². The predicted octanol–water partition coefficient (Wildman–Crippen LogP) is 17.6. The maximum absolute atomic E-state index is 15.6. The summed E-state index contributed by atoms with van der Waals surface area (Å²) in [7, 11) is 4.49. The number of aliphatic hydroxyl groups excluding tert-OH is 2. The molecule has 646 valence electrons. The predicted molar refractivity (Wildman–Crippen MR) is 435 cm³/mol. The Morgan fingerprint density at radius 3 is 1.68 bits per heavy atom. The molecular formula is C91H145NO22. The maximum Gasteiger partial charge on any atom is 0.511 e. The summed E-state index contributed by atoms with van der Waals surface area (Å²) in [5.41, 5.74) is 1.83. The number of ketones is 2. The van der Waals surface area contributed by atoms with Crippen LogP contribution in [-0.4, -0.2) is 170 Å². The minimum atomic E-state index is -2.68. The SMILES string of the molecule is C=CC[C@@H]1/C=C(\C)C[C@H](C)C[C@H](OC)[C@H]2O[C@@](OC(=O)OCc3ccc(OC(=O)CCC(=O)OC(COC(=O)CCCCCCCCCCCCCCC)COC(=O)CCCCCCCCCCCCCCC)cc3)(C(=O)C(=O)N3CCCC[C@H]3C(=O)O[C@H](/C(C)=C/C3CC[C@@H](O)[C@H](OC)C3)[C@H](C)[C@@H](O)CC1=O)[C@H](C)C[C@@H]2OC. The van der Waals surface area contributed by atoms with Gasteiger partial charge in [0.15, 0.2) is 6.10 Å². The molecule has 0 radical (unpaired) electrons. The number of unbranched alkanes of at least 4 members (excludes halogenated alkanes) is 24. The van der Waals surface area contributed by atoms with Crippen LogP contribution in [0, 0.1) is 29.6 Å². The molecule has 4 aliphatic rings. The third-order valence-corrected chi connectivity index (χ3v) is 23.2. The Bertz CT molecular complexity index is 3050. The minimum absolute atomic E-state index is 0.0192. The molecular weight excluding hydrogens is 1460 g/mol. The van der Waals surface area contributed by atoms with Crippen molar-refractivity contribution in [3.63, 3.8) is 0 Å². The fraction of sp³-hybridized carbons (Fsp3) is 0.769. The topological polar surface area (TPSA) is 299 Å². The van der Waals surface area contributed by atoms with Crippen molar-refractivity contribution >= 4 is 53.5 Å². The monoisotopic (exact) mass is 1600 g/mol. The zero-order valence-electron chi connectivity index (χ0n) is 71.2. The molecule has 1 unspecified atom stereocenters. The lowest BCUT2D eigenvalue weighted by Crippen LogP contribution is -2.66. The van der Waals surface area contributed by atoms with Gasteiger partial charge in [0.2, 0.25) is 0 Å². The third kappa shape index (κ3) is 35.4. The highest BCUT2D eigenvalue weighted by Crippen LogP contribution is 2.42. The van der Waals surface area contributed by atoms with Crippen molar-refractivity contribution in [2.24, 2.45) is 29.6 Å². The molecule has 23 nitrogen and oxygen atoms in total. The van der Waals surface area contributed by atoms with Gasteiger partial charge in [-0.25, -0.2) is 9.59 Å². The number of allylic oxidation sites excluding steroid dienone is 4. The molecule has 1 aromatic carbocycles. The molecule has 0 spiro atoms. The van der Waals surface area contributed by atoms with E-state index in [0.29, 0.717) is 75.3 Å².